The van der Waals surface area contributed by atoms with Crippen LogP contribution in [0.3, 0.4) is 0 Å². The van der Waals surface area contributed by atoms with Crippen LogP contribution in [0.1, 0.15) is 6.42 Å². The second kappa shape index (κ2) is 3.56. The SMILES string of the molecule is C=CCOC(=O)N1C[C@@H]2C[C@@H]2[C@H]1C(=O)O. The van der Waals surface area contributed by atoms with Crippen molar-refractivity contribution in [3.63, 3.8) is 0 Å². The molecule has 5 heteroatoms. The van der Waals surface area contributed by atoms with Gasteiger partial charge in [0.1, 0.15) is 12.6 Å². The first-order valence-corrected chi connectivity index (χ1v) is 4.92. The lowest BCUT2D eigenvalue weighted by Gasteiger charge is -2.23. The zero-order chi connectivity index (χ0) is 11.0. The van der Waals surface area contributed by atoms with Gasteiger partial charge in [-0.15, -0.1) is 0 Å². The smallest absolute Gasteiger partial charge is 0.410 e. The summed E-state index contributed by atoms with van der Waals surface area (Å²) in [5.41, 5.74) is 0. The lowest BCUT2D eigenvalue weighted by Crippen LogP contribution is -2.43. The fourth-order valence-electron chi connectivity index (χ4n) is 2.18. The van der Waals surface area contributed by atoms with Gasteiger partial charge in [-0.1, -0.05) is 12.7 Å². The number of aliphatic carboxylic acids is 1. The molecule has 0 spiro atoms. The maximum absolute atomic E-state index is 11.5. The highest BCUT2D eigenvalue weighted by Gasteiger charge is 2.57. The van der Waals surface area contributed by atoms with Crippen LogP contribution in [0.5, 0.6) is 0 Å². The molecular weight excluding hydrogens is 198 g/mol. The van der Waals surface area contributed by atoms with Gasteiger partial charge in [-0.05, 0) is 18.3 Å². The van der Waals surface area contributed by atoms with Gasteiger partial charge >= 0.3 is 12.1 Å². The van der Waals surface area contributed by atoms with E-state index in [1.165, 1.54) is 11.0 Å². The largest absolute Gasteiger partial charge is 0.480 e. The fraction of sp³-hybridized carbons (Fsp3) is 0.600. The number of amides is 1. The Hall–Kier alpha value is -1.52. The third-order valence-electron chi connectivity index (χ3n) is 2.96. The molecule has 2 rings (SSSR count). The monoisotopic (exact) mass is 211 g/mol. The Morgan fingerprint density at radius 3 is 2.93 bits per heavy atom. The van der Waals surface area contributed by atoms with Crippen LogP contribution >= 0.6 is 0 Å². The number of carbonyl (C=O) groups is 2. The van der Waals surface area contributed by atoms with Gasteiger partial charge in [-0.2, -0.15) is 0 Å². The second-order valence-electron chi connectivity index (χ2n) is 3.96. The molecule has 0 bridgehead atoms. The zero-order valence-electron chi connectivity index (χ0n) is 8.26. The minimum absolute atomic E-state index is 0.122. The van der Waals surface area contributed by atoms with Crippen molar-refractivity contribution >= 4 is 12.1 Å². The van der Waals surface area contributed by atoms with Crippen LogP contribution in [-0.4, -0.2) is 41.3 Å². The average molecular weight is 211 g/mol. The number of ether oxygens (including phenoxy) is 1. The predicted molar refractivity (Wildman–Crippen MR) is 51.3 cm³/mol. The lowest BCUT2D eigenvalue weighted by atomic mass is 10.2. The maximum Gasteiger partial charge on any atom is 0.410 e. The quantitative estimate of drug-likeness (QED) is 0.698. The fourth-order valence-corrected chi connectivity index (χ4v) is 2.18. The van der Waals surface area contributed by atoms with E-state index in [9.17, 15) is 9.59 Å². The normalized spacial score (nSPS) is 32.0. The molecule has 0 aromatic carbocycles. The molecule has 3 atom stereocenters. The Morgan fingerprint density at radius 1 is 1.60 bits per heavy atom. The first-order valence-electron chi connectivity index (χ1n) is 4.92. The number of likely N-dealkylation sites (tertiary alicyclic amines) is 1. The summed E-state index contributed by atoms with van der Waals surface area (Å²) in [6.45, 7) is 4.06. The lowest BCUT2D eigenvalue weighted by molar-refractivity contribution is -0.142. The van der Waals surface area contributed by atoms with Crippen LogP contribution in [0, 0.1) is 11.8 Å². The van der Waals surface area contributed by atoms with Crippen molar-refractivity contribution in [1.29, 1.82) is 0 Å². The Kier molecular flexibility index (Phi) is 2.38. The summed E-state index contributed by atoms with van der Waals surface area (Å²) in [7, 11) is 0. The van der Waals surface area contributed by atoms with Crippen LogP contribution in [0.25, 0.3) is 0 Å². The van der Waals surface area contributed by atoms with Crippen molar-refractivity contribution in [3.05, 3.63) is 12.7 Å². The molecule has 1 saturated heterocycles. The summed E-state index contributed by atoms with van der Waals surface area (Å²) >= 11 is 0. The van der Waals surface area contributed by atoms with Gasteiger partial charge in [0, 0.05) is 6.54 Å². The third-order valence-corrected chi connectivity index (χ3v) is 2.96. The topological polar surface area (TPSA) is 66.8 Å². The molecule has 1 N–H and O–H groups in total. The minimum Gasteiger partial charge on any atom is -0.480 e. The van der Waals surface area contributed by atoms with Crippen molar-refractivity contribution in [1.82, 2.24) is 4.90 Å². The van der Waals surface area contributed by atoms with Gasteiger partial charge in [0.25, 0.3) is 0 Å². The van der Waals surface area contributed by atoms with Crippen molar-refractivity contribution in [2.75, 3.05) is 13.2 Å². The Morgan fingerprint density at radius 2 is 2.33 bits per heavy atom. The van der Waals surface area contributed by atoms with Gasteiger partial charge in [0.05, 0.1) is 0 Å². The summed E-state index contributed by atoms with van der Waals surface area (Å²) < 4.78 is 4.83. The molecule has 1 aliphatic carbocycles. The minimum atomic E-state index is -0.935. The standard InChI is InChI=1S/C10H13NO4/c1-2-3-15-10(14)11-5-6-4-7(6)8(11)9(12)13/h2,6-8H,1,3-5H2,(H,12,13)/t6-,7-,8-/m0/s1. The number of fused-ring (bicyclic) bond motifs is 1. The van der Waals surface area contributed by atoms with E-state index in [0.29, 0.717) is 12.5 Å². The molecular formula is C10H13NO4. The molecule has 0 aromatic rings. The van der Waals surface area contributed by atoms with E-state index in [4.69, 9.17) is 9.84 Å². The van der Waals surface area contributed by atoms with E-state index >= 15 is 0 Å². The Labute approximate surface area is 87.3 Å². The molecule has 0 aromatic heterocycles. The summed E-state index contributed by atoms with van der Waals surface area (Å²) in [6, 6.07) is -0.688. The molecule has 1 amide bonds. The van der Waals surface area contributed by atoms with Crippen LogP contribution in [0.4, 0.5) is 4.79 Å². The van der Waals surface area contributed by atoms with Gasteiger partial charge in [0.2, 0.25) is 0 Å². The molecule has 2 fully saturated rings. The number of carboxylic acids is 1. The van der Waals surface area contributed by atoms with E-state index in [1.807, 2.05) is 0 Å². The van der Waals surface area contributed by atoms with E-state index in [2.05, 4.69) is 6.58 Å². The summed E-state index contributed by atoms with van der Waals surface area (Å²) in [5, 5.41) is 8.99. The highest BCUT2D eigenvalue weighted by atomic mass is 16.6. The maximum atomic E-state index is 11.5. The molecule has 2 aliphatic rings. The second-order valence-corrected chi connectivity index (χ2v) is 3.96. The molecule has 15 heavy (non-hydrogen) atoms. The van der Waals surface area contributed by atoms with Crippen LogP contribution in [0.2, 0.25) is 0 Å². The van der Waals surface area contributed by atoms with Gasteiger partial charge in [-0.25, -0.2) is 9.59 Å². The highest BCUT2D eigenvalue weighted by molar-refractivity contribution is 5.82. The van der Waals surface area contributed by atoms with E-state index in [-0.39, 0.29) is 12.5 Å². The number of hydrogen-bond acceptors (Lipinski definition) is 3. The number of rotatable bonds is 3. The van der Waals surface area contributed by atoms with E-state index in [1.54, 1.807) is 0 Å². The number of carbonyl (C=O) groups excluding carboxylic acids is 1. The van der Waals surface area contributed by atoms with Gasteiger partial charge < -0.3 is 9.84 Å². The predicted octanol–water partition coefficient (Wildman–Crippen LogP) is 0.714. The van der Waals surface area contributed by atoms with E-state index in [0.717, 1.165) is 6.42 Å². The molecule has 0 unspecified atom stereocenters. The van der Waals surface area contributed by atoms with Crippen molar-refractivity contribution in [2.45, 2.75) is 12.5 Å². The Balaban J connectivity index is 1.99. The molecule has 5 nitrogen and oxygen atoms in total. The highest BCUT2D eigenvalue weighted by Crippen LogP contribution is 2.49. The Bertz CT molecular complexity index is 315. The zero-order valence-corrected chi connectivity index (χ0v) is 8.26. The van der Waals surface area contributed by atoms with Gasteiger partial charge in [-0.3, -0.25) is 4.90 Å². The molecule has 0 radical (unpaired) electrons. The number of carboxylic acid groups (broad SMARTS) is 1. The molecule has 82 valence electrons. The van der Waals surface area contributed by atoms with Crippen LogP contribution in [0.15, 0.2) is 12.7 Å². The van der Waals surface area contributed by atoms with Crippen molar-refractivity contribution in [2.24, 2.45) is 11.8 Å². The number of hydrogen-bond donors (Lipinski definition) is 1. The molecule has 1 saturated carbocycles. The van der Waals surface area contributed by atoms with Gasteiger partial charge in [0.15, 0.2) is 0 Å². The molecule has 1 heterocycles. The average Bonchev–Trinajstić information content (AvgIpc) is 2.85. The number of nitrogens with zero attached hydrogens (tertiary/aromatic N) is 1. The summed E-state index contributed by atoms with van der Waals surface area (Å²) in [5.74, 6) is -0.434. The summed E-state index contributed by atoms with van der Waals surface area (Å²) in [6.07, 6.45) is 1.83. The first kappa shape index (κ1) is 10.0. The third kappa shape index (κ3) is 1.69. The van der Waals surface area contributed by atoms with Crippen molar-refractivity contribution < 1.29 is 19.4 Å². The molecule has 1 aliphatic heterocycles. The van der Waals surface area contributed by atoms with Crippen LogP contribution < -0.4 is 0 Å². The van der Waals surface area contributed by atoms with Crippen molar-refractivity contribution in [3.8, 4) is 0 Å². The van der Waals surface area contributed by atoms with Crippen LogP contribution in [-0.2, 0) is 9.53 Å². The van der Waals surface area contributed by atoms with E-state index < -0.39 is 18.1 Å². The number of piperidine rings is 1. The summed E-state index contributed by atoms with van der Waals surface area (Å²) in [4.78, 5) is 23.7. The first-order chi connectivity index (χ1) is 7.15.